The number of benzene rings is 1. The Labute approximate surface area is 103 Å². The SMILES string of the molecule is N#Cc1cc(I)cc(Br)c1CC(=O)O. The number of hydrogen-bond donors (Lipinski definition) is 1. The number of carboxylic acids is 1. The van der Waals surface area contributed by atoms with Crippen LogP contribution in [0.1, 0.15) is 11.1 Å². The van der Waals surface area contributed by atoms with Crippen molar-refractivity contribution < 1.29 is 9.90 Å². The van der Waals surface area contributed by atoms with Crippen molar-refractivity contribution in [2.75, 3.05) is 0 Å². The first kappa shape index (κ1) is 11.5. The summed E-state index contributed by atoms with van der Waals surface area (Å²) in [5.41, 5.74) is 0.937. The van der Waals surface area contributed by atoms with Crippen molar-refractivity contribution in [1.82, 2.24) is 0 Å². The number of nitriles is 1. The van der Waals surface area contributed by atoms with E-state index in [1.54, 1.807) is 12.1 Å². The standard InChI is InChI=1S/C9H5BrINO2/c10-8-2-6(11)1-5(4-12)7(8)3-9(13)14/h1-2H,3H2,(H,13,14). The Hall–Kier alpha value is -0.610. The highest BCUT2D eigenvalue weighted by molar-refractivity contribution is 14.1. The number of hydrogen-bond acceptors (Lipinski definition) is 2. The first-order chi connectivity index (χ1) is 6.54. The minimum atomic E-state index is -0.941. The minimum absolute atomic E-state index is 0.138. The summed E-state index contributed by atoms with van der Waals surface area (Å²) < 4.78 is 1.57. The average molecular weight is 366 g/mol. The summed E-state index contributed by atoms with van der Waals surface area (Å²) in [5.74, 6) is -0.941. The van der Waals surface area contributed by atoms with E-state index in [2.05, 4.69) is 38.5 Å². The van der Waals surface area contributed by atoms with E-state index < -0.39 is 5.97 Å². The third kappa shape index (κ3) is 2.69. The third-order valence-corrected chi connectivity index (χ3v) is 2.94. The summed E-state index contributed by atoms with van der Waals surface area (Å²) in [6.07, 6.45) is -0.138. The van der Waals surface area contributed by atoms with Crippen LogP contribution in [0.15, 0.2) is 16.6 Å². The maximum absolute atomic E-state index is 10.5. The Kier molecular flexibility index (Phi) is 3.89. The van der Waals surface area contributed by atoms with Crippen LogP contribution in [0, 0.1) is 14.9 Å². The molecule has 5 heteroatoms. The Morgan fingerprint density at radius 3 is 2.79 bits per heavy atom. The summed E-state index contributed by atoms with van der Waals surface area (Å²) in [6.45, 7) is 0. The fourth-order valence-electron chi connectivity index (χ4n) is 1.03. The monoisotopic (exact) mass is 365 g/mol. The van der Waals surface area contributed by atoms with Gasteiger partial charge in [-0.2, -0.15) is 5.26 Å². The van der Waals surface area contributed by atoms with Crippen LogP contribution in [-0.2, 0) is 11.2 Å². The second-order valence-corrected chi connectivity index (χ2v) is 4.70. The Morgan fingerprint density at radius 1 is 1.64 bits per heavy atom. The van der Waals surface area contributed by atoms with E-state index in [0.717, 1.165) is 3.57 Å². The number of carboxylic acid groups (broad SMARTS) is 1. The lowest BCUT2D eigenvalue weighted by molar-refractivity contribution is -0.136. The molecule has 0 fully saturated rings. The van der Waals surface area contributed by atoms with Gasteiger partial charge in [0.2, 0.25) is 0 Å². The smallest absolute Gasteiger partial charge is 0.307 e. The number of aliphatic carboxylic acids is 1. The van der Waals surface area contributed by atoms with Gasteiger partial charge in [0.1, 0.15) is 0 Å². The van der Waals surface area contributed by atoms with Gasteiger partial charge >= 0.3 is 5.97 Å². The molecule has 0 atom stereocenters. The number of halogens is 2. The Balaban J connectivity index is 3.27. The van der Waals surface area contributed by atoms with Crippen LogP contribution in [0.3, 0.4) is 0 Å². The van der Waals surface area contributed by atoms with Crippen molar-refractivity contribution in [2.24, 2.45) is 0 Å². The van der Waals surface area contributed by atoms with Crippen molar-refractivity contribution in [3.8, 4) is 6.07 Å². The molecule has 0 saturated heterocycles. The minimum Gasteiger partial charge on any atom is -0.481 e. The second kappa shape index (κ2) is 4.75. The fraction of sp³-hybridized carbons (Fsp3) is 0.111. The molecule has 1 rings (SSSR count). The van der Waals surface area contributed by atoms with Gasteiger partial charge in [-0.05, 0) is 40.3 Å². The van der Waals surface area contributed by atoms with Crippen LogP contribution in [-0.4, -0.2) is 11.1 Å². The van der Waals surface area contributed by atoms with Crippen LogP contribution in [0.4, 0.5) is 0 Å². The highest BCUT2D eigenvalue weighted by atomic mass is 127. The van der Waals surface area contributed by atoms with Crippen LogP contribution in [0.5, 0.6) is 0 Å². The highest BCUT2D eigenvalue weighted by Gasteiger charge is 2.11. The van der Waals surface area contributed by atoms with E-state index in [1.165, 1.54) is 0 Å². The zero-order chi connectivity index (χ0) is 10.7. The number of rotatable bonds is 2. The molecular formula is C9H5BrINO2. The van der Waals surface area contributed by atoms with Gasteiger partial charge in [-0.3, -0.25) is 4.79 Å². The molecule has 0 bridgehead atoms. The van der Waals surface area contributed by atoms with E-state index >= 15 is 0 Å². The molecule has 0 aliphatic heterocycles. The van der Waals surface area contributed by atoms with Crippen LogP contribution >= 0.6 is 38.5 Å². The average Bonchev–Trinajstić information content (AvgIpc) is 2.08. The van der Waals surface area contributed by atoms with Crippen LogP contribution in [0.25, 0.3) is 0 Å². The molecule has 0 spiro atoms. The Bertz CT molecular complexity index is 426. The predicted octanol–water partition coefficient (Wildman–Crippen LogP) is 2.55. The van der Waals surface area contributed by atoms with Crippen LogP contribution in [0.2, 0.25) is 0 Å². The van der Waals surface area contributed by atoms with Gasteiger partial charge < -0.3 is 5.11 Å². The molecule has 14 heavy (non-hydrogen) atoms. The molecule has 0 heterocycles. The zero-order valence-corrected chi connectivity index (χ0v) is 10.7. The topological polar surface area (TPSA) is 61.1 Å². The zero-order valence-electron chi connectivity index (χ0n) is 6.92. The summed E-state index contributed by atoms with van der Waals surface area (Å²) in [5, 5.41) is 17.5. The third-order valence-electron chi connectivity index (χ3n) is 1.61. The molecule has 0 unspecified atom stereocenters. The summed E-state index contributed by atoms with van der Waals surface area (Å²) in [4.78, 5) is 10.5. The lowest BCUT2D eigenvalue weighted by Gasteiger charge is -2.04. The summed E-state index contributed by atoms with van der Waals surface area (Å²) in [7, 11) is 0. The lowest BCUT2D eigenvalue weighted by atomic mass is 10.1. The maximum atomic E-state index is 10.5. The van der Waals surface area contributed by atoms with Gasteiger partial charge in [0.15, 0.2) is 0 Å². The van der Waals surface area contributed by atoms with E-state index in [1.807, 2.05) is 6.07 Å². The molecular weight excluding hydrogens is 361 g/mol. The second-order valence-electron chi connectivity index (χ2n) is 2.60. The fourth-order valence-corrected chi connectivity index (χ4v) is 2.69. The first-order valence-electron chi connectivity index (χ1n) is 3.64. The van der Waals surface area contributed by atoms with Gasteiger partial charge in [0.05, 0.1) is 18.1 Å². The highest BCUT2D eigenvalue weighted by Crippen LogP contribution is 2.24. The molecule has 1 aromatic rings. The van der Waals surface area contributed by atoms with Gasteiger partial charge in [0.25, 0.3) is 0 Å². The molecule has 72 valence electrons. The van der Waals surface area contributed by atoms with Gasteiger partial charge in [0, 0.05) is 8.04 Å². The summed E-state index contributed by atoms with van der Waals surface area (Å²) in [6, 6.07) is 5.45. The van der Waals surface area contributed by atoms with Crippen molar-refractivity contribution in [1.29, 1.82) is 5.26 Å². The molecule has 1 aromatic carbocycles. The molecule has 0 radical (unpaired) electrons. The van der Waals surface area contributed by atoms with E-state index in [9.17, 15) is 4.79 Å². The van der Waals surface area contributed by atoms with Crippen LogP contribution < -0.4 is 0 Å². The molecule has 3 nitrogen and oxygen atoms in total. The predicted molar refractivity (Wildman–Crippen MR) is 62.9 cm³/mol. The van der Waals surface area contributed by atoms with E-state index in [0.29, 0.717) is 15.6 Å². The molecule has 0 saturated carbocycles. The first-order valence-corrected chi connectivity index (χ1v) is 5.51. The molecule has 0 aliphatic rings. The normalized spacial score (nSPS) is 9.50. The molecule has 1 N–H and O–H groups in total. The van der Waals surface area contributed by atoms with Crippen molar-refractivity contribution in [3.05, 3.63) is 31.3 Å². The number of carbonyl (C=O) groups is 1. The van der Waals surface area contributed by atoms with Gasteiger partial charge in [-0.25, -0.2) is 0 Å². The van der Waals surface area contributed by atoms with E-state index in [-0.39, 0.29) is 6.42 Å². The largest absolute Gasteiger partial charge is 0.481 e. The van der Waals surface area contributed by atoms with Gasteiger partial charge in [-0.15, -0.1) is 0 Å². The molecule has 0 aromatic heterocycles. The quantitative estimate of drug-likeness (QED) is 0.819. The van der Waals surface area contributed by atoms with Crippen molar-refractivity contribution in [2.45, 2.75) is 6.42 Å². The van der Waals surface area contributed by atoms with E-state index in [4.69, 9.17) is 10.4 Å². The lowest BCUT2D eigenvalue weighted by Crippen LogP contribution is -2.03. The van der Waals surface area contributed by atoms with Crippen molar-refractivity contribution >= 4 is 44.5 Å². The number of nitrogens with zero attached hydrogens (tertiary/aromatic N) is 1. The summed E-state index contributed by atoms with van der Waals surface area (Å²) >= 11 is 5.32. The molecule has 0 aliphatic carbocycles. The Morgan fingerprint density at radius 2 is 2.29 bits per heavy atom. The van der Waals surface area contributed by atoms with Gasteiger partial charge in [-0.1, -0.05) is 15.9 Å². The maximum Gasteiger partial charge on any atom is 0.307 e. The molecule has 0 amide bonds. The van der Waals surface area contributed by atoms with Crippen molar-refractivity contribution in [3.63, 3.8) is 0 Å².